The number of aliphatic imine (C=N–C) groups is 1. The highest BCUT2D eigenvalue weighted by Gasteiger charge is 2.29. The number of halogens is 1. The molecular weight excluding hydrogens is 384 g/mol. The minimum Gasteiger partial charge on any atom is -0.758 e. The largest absolute Gasteiger partial charge is 0.758 e. The molecule has 0 aromatic carbocycles. The summed E-state index contributed by atoms with van der Waals surface area (Å²) < 4.78 is 2.41. The highest BCUT2D eigenvalue weighted by molar-refractivity contribution is 7.77. The van der Waals surface area contributed by atoms with E-state index in [9.17, 15) is 4.79 Å². The van der Waals surface area contributed by atoms with Gasteiger partial charge in [0, 0.05) is 12.1 Å². The highest BCUT2D eigenvalue weighted by Crippen LogP contribution is 2.25. The number of pyridine rings is 1. The third-order valence-electron chi connectivity index (χ3n) is 4.31. The van der Waals surface area contributed by atoms with Crippen molar-refractivity contribution < 1.29 is 9.36 Å². The summed E-state index contributed by atoms with van der Waals surface area (Å²) in [4.78, 5) is 17.9. The maximum Gasteiger partial charge on any atom is 0.244 e. The number of thiophene rings is 1. The van der Waals surface area contributed by atoms with Gasteiger partial charge in [-0.15, -0.1) is 17.9 Å². The molecule has 0 bridgehead atoms. The Kier molecular flexibility index (Phi) is 7.94. The second-order valence-electron chi connectivity index (χ2n) is 5.93. The zero-order chi connectivity index (χ0) is 19.1. The van der Waals surface area contributed by atoms with Crippen molar-refractivity contribution in [2.24, 2.45) is 4.99 Å². The zero-order valence-electron chi connectivity index (χ0n) is 15.0. The third kappa shape index (κ3) is 5.00. The Morgan fingerprint density at radius 2 is 1.96 bits per heavy atom. The lowest BCUT2D eigenvalue weighted by atomic mass is 9.95. The molecule has 3 nitrogen and oxygen atoms in total. The van der Waals surface area contributed by atoms with E-state index in [-0.39, 0.29) is 5.78 Å². The quantitative estimate of drug-likeness (QED) is 0.144. The fourth-order valence-corrected chi connectivity index (χ4v) is 4.16. The van der Waals surface area contributed by atoms with Gasteiger partial charge in [0.2, 0.25) is 11.8 Å². The molecule has 2 rings (SSSR count). The maximum atomic E-state index is 13.1. The van der Waals surface area contributed by atoms with E-state index >= 15 is 0 Å². The van der Waals surface area contributed by atoms with Gasteiger partial charge in [0.15, 0.2) is 12.4 Å². The Bertz CT molecular complexity index is 779. The van der Waals surface area contributed by atoms with Crippen LogP contribution in [0.4, 0.5) is 0 Å². The second kappa shape index (κ2) is 9.95. The number of carbonyl (C=O) groups excluding carboxylic acids is 1. The van der Waals surface area contributed by atoms with Crippen molar-refractivity contribution in [2.45, 2.75) is 38.6 Å². The molecule has 2 aromatic heterocycles. The number of hydrogen-bond acceptors (Lipinski definition) is 4. The molecule has 0 amide bonds. The lowest BCUT2D eigenvalue weighted by molar-refractivity contribution is -0.691. The van der Waals surface area contributed by atoms with Crippen LogP contribution in [0.2, 0.25) is 4.34 Å². The first kappa shape index (κ1) is 20.7. The summed E-state index contributed by atoms with van der Waals surface area (Å²) in [5.74, 6) is 0.423. The predicted molar refractivity (Wildman–Crippen MR) is 113 cm³/mol. The van der Waals surface area contributed by atoms with Crippen LogP contribution in [0.1, 0.15) is 53.9 Å². The van der Waals surface area contributed by atoms with E-state index in [1.807, 2.05) is 17.0 Å². The van der Waals surface area contributed by atoms with Crippen molar-refractivity contribution in [2.75, 3.05) is 6.54 Å². The van der Waals surface area contributed by atoms with Gasteiger partial charge in [-0.25, -0.2) is 0 Å². The molecule has 0 fully saturated rings. The first-order valence-corrected chi connectivity index (χ1v) is 10.2. The number of Topliss-reactive ketones (excluding diaryl/α,β-unsaturated/α-hetero) is 1. The molecule has 0 saturated carbocycles. The van der Waals surface area contributed by atoms with E-state index < -0.39 is 6.04 Å². The van der Waals surface area contributed by atoms with Crippen molar-refractivity contribution in [3.63, 3.8) is 0 Å². The zero-order valence-corrected chi connectivity index (χ0v) is 17.4. The van der Waals surface area contributed by atoms with E-state index in [0.717, 1.165) is 12.8 Å². The predicted octanol–water partition coefficient (Wildman–Crippen LogP) is 5.15. The van der Waals surface area contributed by atoms with Gasteiger partial charge in [0.25, 0.3) is 0 Å². The molecule has 0 N–H and O–H groups in total. The van der Waals surface area contributed by atoms with Gasteiger partial charge >= 0.3 is 0 Å². The third-order valence-corrected chi connectivity index (χ3v) is 5.91. The molecule has 0 radical (unpaired) electrons. The average Bonchev–Trinajstić information content (AvgIpc) is 3.09. The Morgan fingerprint density at radius 3 is 2.46 bits per heavy atom. The minimum atomic E-state index is -0.657. The molecular formula is C20H23ClN2OS2. The van der Waals surface area contributed by atoms with E-state index in [2.05, 4.69) is 37.6 Å². The van der Waals surface area contributed by atoms with Crippen molar-refractivity contribution in [3.05, 3.63) is 64.1 Å². The van der Waals surface area contributed by atoms with E-state index in [0.29, 0.717) is 26.7 Å². The Labute approximate surface area is 169 Å². The first-order valence-electron chi connectivity index (χ1n) is 8.64. The number of carbonyl (C=O) groups is 1. The fourth-order valence-electron chi connectivity index (χ4n) is 2.85. The van der Waals surface area contributed by atoms with Crippen LogP contribution in [0.3, 0.4) is 0 Å². The van der Waals surface area contributed by atoms with Crippen LogP contribution in [0, 0.1) is 0 Å². The van der Waals surface area contributed by atoms with Crippen LogP contribution in [0.5, 0.6) is 0 Å². The number of ketones is 1. The lowest BCUT2D eigenvalue weighted by Crippen LogP contribution is -2.47. The molecule has 0 spiro atoms. The molecule has 6 heteroatoms. The summed E-state index contributed by atoms with van der Waals surface area (Å²) in [5, 5.41) is 0.347. The Morgan fingerprint density at radius 1 is 1.31 bits per heavy atom. The van der Waals surface area contributed by atoms with Gasteiger partial charge in [-0.05, 0) is 41.5 Å². The monoisotopic (exact) mass is 406 g/mol. The normalized spacial score (nSPS) is 13.0. The maximum absolute atomic E-state index is 13.1. The van der Waals surface area contributed by atoms with E-state index in [4.69, 9.17) is 24.2 Å². The van der Waals surface area contributed by atoms with Crippen LogP contribution < -0.4 is 4.57 Å². The standard InChI is InChI=1S/C20H23ClN2OS2/c1-4-11-22-20(25)18(19(24)16-7-8-17(21)26-16)23-12-9-15(10-13-23)14(5-2)6-3/h4,7-10,12-14,18H,1,5-6,11H2,2-3H3/t18-/m0/s1. The number of rotatable bonds is 9. The number of aromatic nitrogens is 1. The summed E-state index contributed by atoms with van der Waals surface area (Å²) >= 11 is 12.7. The molecule has 0 saturated heterocycles. The van der Waals surface area contributed by atoms with E-state index in [1.54, 1.807) is 18.2 Å². The average molecular weight is 407 g/mol. The fraction of sp³-hybridized carbons (Fsp3) is 0.350. The van der Waals surface area contributed by atoms with Crippen LogP contribution in [0.15, 0.2) is 54.3 Å². The first-order chi connectivity index (χ1) is 12.5. The number of nitrogens with zero attached hydrogens (tertiary/aromatic N) is 2. The molecule has 0 aliphatic rings. The topological polar surface area (TPSA) is 33.3 Å². The molecule has 138 valence electrons. The summed E-state index contributed by atoms with van der Waals surface area (Å²) in [6.07, 6.45) is 7.67. The van der Waals surface area contributed by atoms with Gasteiger partial charge < -0.3 is 17.6 Å². The van der Waals surface area contributed by atoms with Crippen molar-refractivity contribution in [1.29, 1.82) is 0 Å². The Hall–Kier alpha value is -1.56. The summed E-state index contributed by atoms with van der Waals surface area (Å²) in [5.41, 5.74) is 1.27. The smallest absolute Gasteiger partial charge is 0.244 e. The van der Waals surface area contributed by atoms with Gasteiger partial charge in [-0.1, -0.05) is 31.5 Å². The molecule has 0 aliphatic carbocycles. The molecule has 2 heterocycles. The van der Waals surface area contributed by atoms with Crippen molar-refractivity contribution in [3.8, 4) is 0 Å². The highest BCUT2D eigenvalue weighted by atomic mass is 35.5. The number of hydrogen-bond donors (Lipinski definition) is 0. The SMILES string of the molecule is C=CCN=C([S-])[C@H](C(=O)c1ccc(Cl)s1)[n+]1ccc(C(CC)CC)cc1. The summed E-state index contributed by atoms with van der Waals surface area (Å²) in [6, 6.07) is 6.93. The summed E-state index contributed by atoms with van der Waals surface area (Å²) in [7, 11) is 0. The van der Waals surface area contributed by atoms with Crippen LogP contribution in [-0.2, 0) is 12.6 Å². The van der Waals surface area contributed by atoms with Gasteiger partial charge in [-0.2, -0.15) is 4.57 Å². The molecule has 0 aliphatic heterocycles. The van der Waals surface area contributed by atoms with Crippen molar-refractivity contribution in [1.82, 2.24) is 0 Å². The summed E-state index contributed by atoms with van der Waals surface area (Å²) in [6.45, 7) is 8.42. The van der Waals surface area contributed by atoms with Crippen LogP contribution >= 0.6 is 22.9 Å². The van der Waals surface area contributed by atoms with E-state index in [1.165, 1.54) is 16.9 Å². The lowest BCUT2D eigenvalue weighted by Gasteiger charge is -2.18. The molecule has 1 atom stereocenters. The Balaban J connectivity index is 2.40. The minimum absolute atomic E-state index is 0.0972. The van der Waals surface area contributed by atoms with Gasteiger partial charge in [0.05, 0.1) is 15.8 Å². The van der Waals surface area contributed by atoms with Gasteiger partial charge in [-0.3, -0.25) is 4.79 Å². The molecule has 0 unspecified atom stereocenters. The van der Waals surface area contributed by atoms with Crippen LogP contribution in [-0.4, -0.2) is 17.4 Å². The van der Waals surface area contributed by atoms with Crippen molar-refractivity contribution >= 4 is 46.4 Å². The van der Waals surface area contributed by atoms with Crippen LogP contribution in [0.25, 0.3) is 0 Å². The molecule has 26 heavy (non-hydrogen) atoms. The van der Waals surface area contributed by atoms with Gasteiger partial charge in [0.1, 0.15) is 0 Å². The molecule has 2 aromatic rings. The second-order valence-corrected chi connectivity index (χ2v) is 8.06.